The van der Waals surface area contributed by atoms with Gasteiger partial charge in [0.25, 0.3) is 0 Å². The zero-order valence-corrected chi connectivity index (χ0v) is 12.6. The third-order valence-corrected chi connectivity index (χ3v) is 6.08. The van der Waals surface area contributed by atoms with Gasteiger partial charge in [-0.15, -0.1) is 23.5 Å². The van der Waals surface area contributed by atoms with Gasteiger partial charge in [0.1, 0.15) is 0 Å². The molecule has 0 bridgehead atoms. The molecule has 1 saturated heterocycles. The second-order valence-corrected chi connectivity index (χ2v) is 7.99. The molecule has 0 aromatic rings. The van der Waals surface area contributed by atoms with E-state index in [1.165, 1.54) is 49.2 Å². The zero-order valence-electron chi connectivity index (χ0n) is 11.0. The van der Waals surface area contributed by atoms with Crippen molar-refractivity contribution >= 4 is 23.5 Å². The molecule has 16 heavy (non-hydrogen) atoms. The molecule has 0 aromatic carbocycles. The van der Waals surface area contributed by atoms with Crippen molar-refractivity contribution in [3.63, 3.8) is 0 Å². The van der Waals surface area contributed by atoms with Gasteiger partial charge >= 0.3 is 0 Å². The van der Waals surface area contributed by atoms with Gasteiger partial charge in [0.05, 0.1) is 4.58 Å². The summed E-state index contributed by atoms with van der Waals surface area (Å²) in [6.45, 7) is 6.80. The molecular weight excluding hydrogens is 232 g/mol. The second-order valence-electron chi connectivity index (χ2n) is 5.07. The molecule has 0 nitrogen and oxygen atoms in total. The molecule has 0 spiro atoms. The molecule has 0 radical (unpaired) electrons. The summed E-state index contributed by atoms with van der Waals surface area (Å²) in [6, 6.07) is 0. The third-order valence-electron chi connectivity index (χ3n) is 3.00. The van der Waals surface area contributed by atoms with Crippen LogP contribution in [0.3, 0.4) is 0 Å². The van der Waals surface area contributed by atoms with Crippen LogP contribution in [0.2, 0.25) is 0 Å². The van der Waals surface area contributed by atoms with Gasteiger partial charge < -0.3 is 0 Å². The number of hydrogen-bond donors (Lipinski definition) is 0. The Hall–Kier alpha value is 0.440. The van der Waals surface area contributed by atoms with E-state index in [9.17, 15) is 0 Å². The first-order valence-electron chi connectivity index (χ1n) is 6.55. The van der Waals surface area contributed by atoms with Crippen molar-refractivity contribution < 1.29 is 0 Å². The Morgan fingerprint density at radius 1 is 1.25 bits per heavy atom. The Morgan fingerprint density at radius 3 is 2.56 bits per heavy atom. The first kappa shape index (κ1) is 14.5. The lowest BCUT2D eigenvalue weighted by molar-refractivity contribution is 0.488. The third kappa shape index (κ3) is 6.90. The van der Waals surface area contributed by atoms with E-state index in [0.717, 1.165) is 10.5 Å². The van der Waals surface area contributed by atoms with E-state index in [2.05, 4.69) is 50.4 Å². The van der Waals surface area contributed by atoms with Crippen LogP contribution in [-0.4, -0.2) is 16.1 Å². The monoisotopic (exact) mass is 258 g/mol. The molecule has 1 aliphatic rings. The Morgan fingerprint density at radius 2 is 1.94 bits per heavy atom. The van der Waals surface area contributed by atoms with Gasteiger partial charge in [0.15, 0.2) is 0 Å². The maximum atomic E-state index is 2.41. The average molecular weight is 258 g/mol. The first-order chi connectivity index (χ1) is 7.68. The second kappa shape index (κ2) is 8.52. The SMILES string of the molecule is CC(C)=CCCC(C)CCC1SCCCS1. The minimum atomic E-state index is 0.902. The summed E-state index contributed by atoms with van der Waals surface area (Å²) < 4.78 is 0.902. The fourth-order valence-corrected chi connectivity index (χ4v) is 4.82. The summed E-state index contributed by atoms with van der Waals surface area (Å²) in [7, 11) is 0. The molecule has 1 fully saturated rings. The Balaban J connectivity index is 2.04. The summed E-state index contributed by atoms with van der Waals surface area (Å²) in [4.78, 5) is 0. The lowest BCUT2D eigenvalue weighted by Gasteiger charge is -2.22. The Bertz CT molecular complexity index is 201. The van der Waals surface area contributed by atoms with Crippen LogP contribution in [-0.2, 0) is 0 Å². The molecule has 1 unspecified atom stereocenters. The van der Waals surface area contributed by atoms with Gasteiger partial charge in [0.2, 0.25) is 0 Å². The van der Waals surface area contributed by atoms with Gasteiger partial charge in [-0.1, -0.05) is 18.6 Å². The van der Waals surface area contributed by atoms with Crippen molar-refractivity contribution in [3.05, 3.63) is 11.6 Å². The summed E-state index contributed by atoms with van der Waals surface area (Å²) in [5.41, 5.74) is 1.46. The maximum Gasteiger partial charge on any atom is 0.0502 e. The van der Waals surface area contributed by atoms with E-state index in [4.69, 9.17) is 0 Å². The van der Waals surface area contributed by atoms with Crippen LogP contribution in [0.25, 0.3) is 0 Å². The molecule has 1 rings (SSSR count). The van der Waals surface area contributed by atoms with Crippen molar-refractivity contribution in [1.29, 1.82) is 0 Å². The smallest absolute Gasteiger partial charge is 0.0502 e. The minimum absolute atomic E-state index is 0.902. The molecule has 1 aliphatic heterocycles. The maximum absolute atomic E-state index is 2.41. The fraction of sp³-hybridized carbons (Fsp3) is 0.857. The van der Waals surface area contributed by atoms with Crippen LogP contribution in [0.4, 0.5) is 0 Å². The van der Waals surface area contributed by atoms with Crippen LogP contribution in [0.15, 0.2) is 11.6 Å². The summed E-state index contributed by atoms with van der Waals surface area (Å²) in [5.74, 6) is 3.69. The van der Waals surface area contributed by atoms with Crippen molar-refractivity contribution in [1.82, 2.24) is 0 Å². The highest BCUT2D eigenvalue weighted by Crippen LogP contribution is 2.34. The van der Waals surface area contributed by atoms with Crippen molar-refractivity contribution in [2.45, 2.75) is 57.5 Å². The van der Waals surface area contributed by atoms with E-state index in [-0.39, 0.29) is 0 Å². The molecule has 0 amide bonds. The molecule has 1 heterocycles. The molecule has 0 saturated carbocycles. The van der Waals surface area contributed by atoms with Crippen molar-refractivity contribution in [2.75, 3.05) is 11.5 Å². The van der Waals surface area contributed by atoms with Crippen molar-refractivity contribution in [2.24, 2.45) is 5.92 Å². The summed E-state index contributed by atoms with van der Waals surface area (Å²) in [5, 5.41) is 0. The molecule has 2 heteroatoms. The van der Waals surface area contributed by atoms with Crippen LogP contribution < -0.4 is 0 Å². The van der Waals surface area contributed by atoms with E-state index in [0.29, 0.717) is 0 Å². The van der Waals surface area contributed by atoms with E-state index < -0.39 is 0 Å². The van der Waals surface area contributed by atoms with Crippen LogP contribution in [0.1, 0.15) is 52.9 Å². The van der Waals surface area contributed by atoms with Gasteiger partial charge in [-0.05, 0) is 63.4 Å². The predicted octanol–water partition coefficient (Wildman–Crippen LogP) is 5.35. The standard InChI is InChI=1S/C14H26S2/c1-12(2)6-4-7-13(3)8-9-14-15-10-5-11-16-14/h6,13-14H,4-5,7-11H2,1-3H3. The topological polar surface area (TPSA) is 0 Å². The lowest BCUT2D eigenvalue weighted by Crippen LogP contribution is -2.08. The molecule has 1 atom stereocenters. The Kier molecular flexibility index (Phi) is 7.72. The minimum Gasteiger partial charge on any atom is -0.148 e. The normalized spacial score (nSPS) is 19.4. The Labute approximate surface area is 110 Å². The number of thioether (sulfide) groups is 2. The summed E-state index contributed by atoms with van der Waals surface area (Å²) >= 11 is 4.37. The number of rotatable bonds is 6. The van der Waals surface area contributed by atoms with Crippen LogP contribution in [0.5, 0.6) is 0 Å². The summed E-state index contributed by atoms with van der Waals surface area (Å²) in [6.07, 6.45) is 9.27. The van der Waals surface area contributed by atoms with Gasteiger partial charge in [0, 0.05) is 0 Å². The molecule has 0 aliphatic carbocycles. The largest absolute Gasteiger partial charge is 0.148 e. The zero-order chi connectivity index (χ0) is 11.8. The van der Waals surface area contributed by atoms with Gasteiger partial charge in [-0.2, -0.15) is 0 Å². The number of allylic oxidation sites excluding steroid dienone is 2. The molecule has 0 N–H and O–H groups in total. The lowest BCUT2D eigenvalue weighted by atomic mass is 10.00. The van der Waals surface area contributed by atoms with Crippen molar-refractivity contribution in [3.8, 4) is 0 Å². The molecule has 0 aromatic heterocycles. The fourth-order valence-electron chi connectivity index (χ4n) is 1.92. The van der Waals surface area contributed by atoms with Crippen LogP contribution >= 0.6 is 23.5 Å². The highest BCUT2D eigenvalue weighted by atomic mass is 32.2. The van der Waals surface area contributed by atoms with E-state index in [1.807, 2.05) is 0 Å². The van der Waals surface area contributed by atoms with Gasteiger partial charge in [-0.25, -0.2) is 0 Å². The number of hydrogen-bond acceptors (Lipinski definition) is 2. The van der Waals surface area contributed by atoms with Gasteiger partial charge in [-0.3, -0.25) is 0 Å². The average Bonchev–Trinajstić information content (AvgIpc) is 2.27. The van der Waals surface area contributed by atoms with E-state index >= 15 is 0 Å². The van der Waals surface area contributed by atoms with E-state index in [1.54, 1.807) is 0 Å². The molecule has 94 valence electrons. The van der Waals surface area contributed by atoms with Crippen LogP contribution in [0, 0.1) is 5.92 Å². The highest BCUT2D eigenvalue weighted by Gasteiger charge is 2.15. The quantitative estimate of drug-likeness (QED) is 0.589. The first-order valence-corrected chi connectivity index (χ1v) is 8.65. The predicted molar refractivity (Wildman–Crippen MR) is 80.4 cm³/mol. The highest BCUT2D eigenvalue weighted by molar-refractivity contribution is 8.17. The molecular formula is C14H26S2.